The van der Waals surface area contributed by atoms with Crippen molar-refractivity contribution in [3.63, 3.8) is 0 Å². The van der Waals surface area contributed by atoms with Crippen LogP contribution in [0.2, 0.25) is 0 Å². The number of benzene rings is 1. The maximum atomic E-state index is 13.0. The second-order valence-electron chi connectivity index (χ2n) is 9.79. The van der Waals surface area contributed by atoms with Crippen LogP contribution in [0.1, 0.15) is 48.1 Å². The lowest BCUT2D eigenvalue weighted by Gasteiger charge is -2.33. The van der Waals surface area contributed by atoms with E-state index >= 15 is 0 Å². The Morgan fingerprint density at radius 3 is 2.67 bits per heavy atom. The molecule has 3 aromatic heterocycles. The number of nitrogens with zero attached hydrogens (tertiary/aromatic N) is 6. The third-order valence-corrected chi connectivity index (χ3v) is 7.03. The number of rotatable bonds is 8. The highest BCUT2D eigenvalue weighted by Gasteiger charge is 2.31. The zero-order valence-electron chi connectivity index (χ0n) is 22.8. The Hall–Kier alpha value is -4.59. The number of alkyl halides is 3. The molecular weight excluding hydrogens is 553 g/mol. The molecule has 4 heterocycles. The molecule has 0 spiro atoms. The molecule has 1 atom stereocenters. The minimum absolute atomic E-state index is 0.0215. The van der Waals surface area contributed by atoms with Crippen molar-refractivity contribution >= 4 is 34.5 Å². The Morgan fingerprint density at radius 2 is 1.93 bits per heavy atom. The summed E-state index contributed by atoms with van der Waals surface area (Å²) in [6.45, 7) is 3.94. The highest BCUT2D eigenvalue weighted by atomic mass is 19.4. The van der Waals surface area contributed by atoms with Gasteiger partial charge in [0.1, 0.15) is 23.7 Å². The summed E-state index contributed by atoms with van der Waals surface area (Å²) in [7, 11) is 0. The van der Waals surface area contributed by atoms with Crippen LogP contribution >= 0.6 is 0 Å². The number of carbonyl (C=O) groups excluding carboxylic acids is 2. The fourth-order valence-corrected chi connectivity index (χ4v) is 4.94. The molecule has 14 heteroatoms. The predicted octanol–water partition coefficient (Wildman–Crippen LogP) is 4.33. The van der Waals surface area contributed by atoms with E-state index in [1.165, 1.54) is 18.5 Å². The van der Waals surface area contributed by atoms with Crippen molar-refractivity contribution in [1.29, 1.82) is 0 Å². The van der Waals surface area contributed by atoms with E-state index in [9.17, 15) is 22.8 Å². The molecule has 1 saturated heterocycles. The minimum atomic E-state index is -4.56. The van der Waals surface area contributed by atoms with E-state index in [1.807, 2.05) is 11.8 Å². The normalized spacial score (nSPS) is 15.6. The van der Waals surface area contributed by atoms with E-state index < -0.39 is 17.6 Å². The fourth-order valence-electron chi connectivity index (χ4n) is 4.94. The number of hydrogen-bond donors (Lipinski definition) is 2. The number of anilines is 2. The van der Waals surface area contributed by atoms with Gasteiger partial charge in [0.05, 0.1) is 30.0 Å². The molecule has 5 rings (SSSR count). The Kier molecular flexibility index (Phi) is 8.34. The number of hydrogen-bond acceptors (Lipinski definition) is 8. The minimum Gasteiger partial charge on any atom is -0.383 e. The van der Waals surface area contributed by atoms with Gasteiger partial charge in [-0.25, -0.2) is 19.6 Å². The number of carbonyl (C=O) groups is 2. The molecule has 1 aromatic carbocycles. The summed E-state index contributed by atoms with van der Waals surface area (Å²) < 4.78 is 46.2. The number of nitrogens with one attached hydrogen (secondary N) is 1. The lowest BCUT2D eigenvalue weighted by Crippen LogP contribution is -2.41. The smallest absolute Gasteiger partial charge is 0.383 e. The first-order valence-electron chi connectivity index (χ1n) is 13.4. The SMILES string of the molecule is CCOCCC(=O)N1CCCC(n2nc(-c3ccc(C(=O)Nc4cc(C(F)(F)F)ccn4)cc3)c3c(N)ncnc32)C1. The van der Waals surface area contributed by atoms with Crippen LogP contribution in [0.4, 0.5) is 24.8 Å². The van der Waals surface area contributed by atoms with E-state index in [1.54, 1.807) is 16.8 Å². The summed E-state index contributed by atoms with van der Waals surface area (Å²) in [4.78, 5) is 39.7. The first-order valence-corrected chi connectivity index (χ1v) is 13.4. The fraction of sp³-hybridized carbons (Fsp3) is 0.357. The van der Waals surface area contributed by atoms with Gasteiger partial charge >= 0.3 is 6.18 Å². The second kappa shape index (κ2) is 12.1. The summed E-state index contributed by atoms with van der Waals surface area (Å²) in [5, 5.41) is 7.78. The number of piperidine rings is 1. The zero-order chi connectivity index (χ0) is 29.9. The average molecular weight is 583 g/mol. The zero-order valence-corrected chi connectivity index (χ0v) is 22.8. The van der Waals surface area contributed by atoms with Crippen molar-refractivity contribution in [3.05, 3.63) is 60.0 Å². The molecule has 3 N–H and O–H groups in total. The summed E-state index contributed by atoms with van der Waals surface area (Å²) in [6, 6.07) is 7.85. The van der Waals surface area contributed by atoms with Gasteiger partial charge in [0.15, 0.2) is 5.65 Å². The number of pyridine rings is 1. The van der Waals surface area contributed by atoms with E-state index in [0.29, 0.717) is 55.0 Å². The van der Waals surface area contributed by atoms with Gasteiger partial charge in [-0.15, -0.1) is 0 Å². The first-order chi connectivity index (χ1) is 20.2. The van der Waals surface area contributed by atoms with Crippen molar-refractivity contribution in [2.75, 3.05) is 37.4 Å². The Balaban J connectivity index is 1.38. The van der Waals surface area contributed by atoms with Gasteiger partial charge < -0.3 is 20.7 Å². The molecule has 1 aliphatic rings. The van der Waals surface area contributed by atoms with Crippen LogP contribution < -0.4 is 11.1 Å². The van der Waals surface area contributed by atoms with Gasteiger partial charge in [0.25, 0.3) is 5.91 Å². The number of nitrogen functional groups attached to an aromatic ring is 1. The average Bonchev–Trinajstić information content (AvgIpc) is 3.38. The van der Waals surface area contributed by atoms with Crippen LogP contribution in [-0.2, 0) is 15.7 Å². The summed E-state index contributed by atoms with van der Waals surface area (Å²) >= 11 is 0. The summed E-state index contributed by atoms with van der Waals surface area (Å²) in [6.07, 6.45) is -0.313. The number of aromatic nitrogens is 5. The second-order valence-corrected chi connectivity index (χ2v) is 9.79. The number of halogens is 3. The van der Waals surface area contributed by atoms with Crippen LogP contribution in [-0.4, -0.2) is 67.7 Å². The highest BCUT2D eigenvalue weighted by molar-refractivity contribution is 6.04. The van der Waals surface area contributed by atoms with Crippen molar-refractivity contribution in [3.8, 4) is 11.3 Å². The quantitative estimate of drug-likeness (QED) is 0.293. The molecule has 1 aliphatic heterocycles. The first kappa shape index (κ1) is 28.9. The van der Waals surface area contributed by atoms with Gasteiger partial charge in [-0.2, -0.15) is 18.3 Å². The van der Waals surface area contributed by atoms with Gasteiger partial charge in [-0.05, 0) is 44.0 Å². The third-order valence-electron chi connectivity index (χ3n) is 7.03. The number of nitrogens with two attached hydrogens (primary N) is 1. The van der Waals surface area contributed by atoms with Crippen molar-refractivity contribution in [2.45, 2.75) is 38.4 Å². The van der Waals surface area contributed by atoms with E-state index in [4.69, 9.17) is 15.6 Å². The highest BCUT2D eigenvalue weighted by Crippen LogP contribution is 2.34. The molecule has 1 fully saturated rings. The summed E-state index contributed by atoms with van der Waals surface area (Å²) in [5.74, 6) is -0.582. The molecule has 0 bridgehead atoms. The van der Waals surface area contributed by atoms with Gasteiger partial charge in [-0.1, -0.05) is 12.1 Å². The van der Waals surface area contributed by atoms with E-state index in [-0.39, 0.29) is 29.1 Å². The maximum absolute atomic E-state index is 13.0. The number of ether oxygens (including phenoxy) is 1. The van der Waals surface area contributed by atoms with E-state index in [2.05, 4.69) is 20.3 Å². The molecule has 42 heavy (non-hydrogen) atoms. The molecule has 4 aromatic rings. The number of fused-ring (bicyclic) bond motifs is 1. The van der Waals surface area contributed by atoms with Crippen molar-refractivity contribution < 1.29 is 27.5 Å². The number of amides is 2. The molecule has 1 unspecified atom stereocenters. The lowest BCUT2D eigenvalue weighted by molar-refractivity contribution is -0.137. The maximum Gasteiger partial charge on any atom is 0.416 e. The van der Waals surface area contributed by atoms with Crippen molar-refractivity contribution in [2.24, 2.45) is 0 Å². The van der Waals surface area contributed by atoms with Crippen LogP contribution in [0, 0.1) is 0 Å². The van der Waals surface area contributed by atoms with Crippen LogP contribution in [0.3, 0.4) is 0 Å². The van der Waals surface area contributed by atoms with Crippen LogP contribution in [0.15, 0.2) is 48.9 Å². The predicted molar refractivity (Wildman–Crippen MR) is 148 cm³/mol. The lowest BCUT2D eigenvalue weighted by atomic mass is 10.1. The summed E-state index contributed by atoms with van der Waals surface area (Å²) in [5.41, 5.74) is 7.22. The molecule has 2 amide bonds. The Morgan fingerprint density at radius 1 is 1.14 bits per heavy atom. The molecule has 0 radical (unpaired) electrons. The number of likely N-dealkylation sites (tertiary alicyclic amines) is 1. The molecule has 220 valence electrons. The van der Waals surface area contributed by atoms with Gasteiger partial charge in [0.2, 0.25) is 5.91 Å². The molecule has 0 aliphatic carbocycles. The van der Waals surface area contributed by atoms with Crippen molar-refractivity contribution in [1.82, 2.24) is 29.6 Å². The monoisotopic (exact) mass is 582 g/mol. The van der Waals surface area contributed by atoms with Crippen LogP contribution in [0.5, 0.6) is 0 Å². The van der Waals surface area contributed by atoms with Gasteiger partial charge in [0, 0.05) is 37.0 Å². The largest absolute Gasteiger partial charge is 0.416 e. The molecular formula is C28H29F3N8O3. The van der Waals surface area contributed by atoms with Crippen LogP contribution in [0.25, 0.3) is 22.3 Å². The third kappa shape index (κ3) is 6.17. The molecule has 0 saturated carbocycles. The standard InChI is InChI=1S/C28H29F3N8O3/c1-2-42-13-10-22(40)38-12-3-4-20(15-38)39-26-23(25(32)34-16-35-26)24(37-39)17-5-7-18(8-6-17)27(41)36-21-14-19(9-11-33-21)28(29,30)31/h5-9,11,14,16,20H,2-4,10,12-13,15H2,1H3,(H2,32,34,35)(H,33,36,41). The van der Waals surface area contributed by atoms with Gasteiger partial charge in [-0.3, -0.25) is 9.59 Å². The Bertz CT molecular complexity index is 1590. The Labute approximate surface area is 238 Å². The topological polar surface area (TPSA) is 141 Å². The molecule has 11 nitrogen and oxygen atoms in total. The van der Waals surface area contributed by atoms with E-state index in [0.717, 1.165) is 31.2 Å².